The van der Waals surface area contributed by atoms with E-state index in [0.29, 0.717) is 29.2 Å². The fourth-order valence-corrected chi connectivity index (χ4v) is 7.48. The van der Waals surface area contributed by atoms with Gasteiger partial charge < -0.3 is 35.9 Å². The number of fused-ring (bicyclic) bond motifs is 3. The van der Waals surface area contributed by atoms with Crippen molar-refractivity contribution < 1.29 is 39.2 Å². The maximum absolute atomic E-state index is 14.3. The molecule has 4 atom stereocenters. The molecule has 0 saturated heterocycles. The number of amides is 1. The molecule has 5 rings (SSSR count). The standard InChI is InChI=1S/C31H37N3O8/c1-14(2)33-12-15-7-10-19(42-15)16-8-9-18(35)20-17(16)11-29(3)13-30(4)25(34(5)6)24(37)21(28(32)40)26(38)31(30,41)27(39)22(29)23(20)36/h7-10,14,25,33,35-36,38,41H,11-13H2,1-6H3,(H2,32,40)/t25-,29+,30+,31-/m1/s1. The molecule has 224 valence electrons. The molecule has 1 fully saturated rings. The van der Waals surface area contributed by atoms with Crippen LogP contribution in [-0.4, -0.2) is 74.6 Å². The predicted molar refractivity (Wildman–Crippen MR) is 153 cm³/mol. The van der Waals surface area contributed by atoms with E-state index in [4.69, 9.17) is 10.2 Å². The molecule has 3 aliphatic rings. The Balaban J connectivity index is 1.74. The minimum atomic E-state index is -2.76. The molecular weight excluding hydrogens is 542 g/mol. The summed E-state index contributed by atoms with van der Waals surface area (Å²) in [4.78, 5) is 41.6. The van der Waals surface area contributed by atoms with Crippen molar-refractivity contribution in [1.82, 2.24) is 10.2 Å². The van der Waals surface area contributed by atoms with Gasteiger partial charge in [0.05, 0.1) is 18.2 Å². The van der Waals surface area contributed by atoms with Crippen molar-refractivity contribution in [1.29, 1.82) is 0 Å². The number of hydrogen-bond donors (Lipinski definition) is 6. The third kappa shape index (κ3) is 3.87. The van der Waals surface area contributed by atoms with Gasteiger partial charge in [0.15, 0.2) is 11.4 Å². The molecule has 1 aromatic heterocycles. The van der Waals surface area contributed by atoms with Crippen LogP contribution >= 0.6 is 0 Å². The van der Waals surface area contributed by atoms with Gasteiger partial charge >= 0.3 is 0 Å². The fraction of sp³-hybridized carbons (Fsp3) is 0.452. The van der Waals surface area contributed by atoms with Gasteiger partial charge in [-0.05, 0) is 56.8 Å². The highest BCUT2D eigenvalue weighted by Gasteiger charge is 2.72. The van der Waals surface area contributed by atoms with Gasteiger partial charge in [-0.2, -0.15) is 0 Å². The average Bonchev–Trinajstić information content (AvgIpc) is 3.33. The lowest BCUT2D eigenvalue weighted by Gasteiger charge is -2.59. The van der Waals surface area contributed by atoms with E-state index in [1.165, 1.54) is 17.9 Å². The van der Waals surface area contributed by atoms with E-state index in [1.54, 1.807) is 33.2 Å². The summed E-state index contributed by atoms with van der Waals surface area (Å²) in [5.74, 6) is -3.94. The number of rotatable bonds is 6. The lowest BCUT2D eigenvalue weighted by atomic mass is 9.46. The number of aromatic hydroxyl groups is 1. The number of nitrogens with one attached hydrogen (secondary N) is 1. The number of ketones is 2. The van der Waals surface area contributed by atoms with Crippen molar-refractivity contribution in [3.05, 3.63) is 58.1 Å². The van der Waals surface area contributed by atoms with Crippen molar-refractivity contribution in [2.24, 2.45) is 16.6 Å². The minimum absolute atomic E-state index is 0.00780. The number of phenolic OH excluding ortho intramolecular Hbond substituents is 1. The maximum atomic E-state index is 14.3. The van der Waals surface area contributed by atoms with E-state index >= 15 is 0 Å². The number of furan rings is 1. The lowest BCUT2D eigenvalue weighted by Crippen LogP contribution is -2.72. The summed E-state index contributed by atoms with van der Waals surface area (Å²) in [5.41, 5.74) is -0.0593. The number of Topliss-reactive ketones (excluding diaryl/α,β-unsaturated/α-hetero) is 2. The number of nitrogens with zero attached hydrogens (tertiary/aromatic N) is 1. The molecule has 2 aromatic rings. The van der Waals surface area contributed by atoms with Crippen LogP contribution in [0.3, 0.4) is 0 Å². The predicted octanol–water partition coefficient (Wildman–Crippen LogP) is 2.50. The highest BCUT2D eigenvalue weighted by Crippen LogP contribution is 2.63. The number of phenols is 1. The van der Waals surface area contributed by atoms with E-state index in [2.05, 4.69) is 5.32 Å². The highest BCUT2D eigenvalue weighted by molar-refractivity contribution is 6.25. The first-order valence-corrected chi connectivity index (χ1v) is 13.8. The number of hydrogen-bond acceptors (Lipinski definition) is 10. The van der Waals surface area contributed by atoms with Gasteiger partial charge in [-0.3, -0.25) is 19.3 Å². The second-order valence-electron chi connectivity index (χ2n) is 12.7. The van der Waals surface area contributed by atoms with Crippen LogP contribution in [0.2, 0.25) is 0 Å². The Bertz CT molecular complexity index is 1600. The third-order valence-corrected chi connectivity index (χ3v) is 9.13. The van der Waals surface area contributed by atoms with Crippen LogP contribution in [0.4, 0.5) is 0 Å². The smallest absolute Gasteiger partial charge is 0.255 e. The summed E-state index contributed by atoms with van der Waals surface area (Å²) in [6.45, 7) is 7.79. The van der Waals surface area contributed by atoms with Crippen molar-refractivity contribution in [3.8, 4) is 17.1 Å². The van der Waals surface area contributed by atoms with Gasteiger partial charge in [-0.25, -0.2) is 0 Å². The molecule has 0 spiro atoms. The largest absolute Gasteiger partial charge is 0.508 e. The maximum Gasteiger partial charge on any atom is 0.255 e. The molecule has 11 heteroatoms. The van der Waals surface area contributed by atoms with Gasteiger partial charge in [0, 0.05) is 28.0 Å². The van der Waals surface area contributed by atoms with Gasteiger partial charge in [-0.1, -0.05) is 27.7 Å². The average molecular weight is 580 g/mol. The van der Waals surface area contributed by atoms with E-state index in [-0.39, 0.29) is 35.8 Å². The molecule has 3 aliphatic carbocycles. The second kappa shape index (κ2) is 9.55. The zero-order valence-corrected chi connectivity index (χ0v) is 24.5. The van der Waals surface area contributed by atoms with Crippen LogP contribution < -0.4 is 11.1 Å². The van der Waals surface area contributed by atoms with Crippen molar-refractivity contribution in [2.45, 2.75) is 64.8 Å². The van der Waals surface area contributed by atoms with Gasteiger partial charge in [0.1, 0.15) is 34.4 Å². The normalized spacial score (nSPS) is 29.2. The summed E-state index contributed by atoms with van der Waals surface area (Å²) in [7, 11) is 3.14. The van der Waals surface area contributed by atoms with Gasteiger partial charge in [0.25, 0.3) is 5.91 Å². The van der Waals surface area contributed by atoms with Crippen molar-refractivity contribution in [2.75, 3.05) is 14.1 Å². The van der Waals surface area contributed by atoms with E-state index in [9.17, 15) is 34.8 Å². The lowest BCUT2D eigenvalue weighted by molar-refractivity contribution is -0.175. The minimum Gasteiger partial charge on any atom is -0.508 e. The summed E-state index contributed by atoms with van der Waals surface area (Å²) in [5, 5.41) is 49.1. The van der Waals surface area contributed by atoms with Crippen molar-refractivity contribution >= 4 is 23.2 Å². The topological polar surface area (TPSA) is 187 Å². The van der Waals surface area contributed by atoms with Crippen LogP contribution in [-0.2, 0) is 27.3 Å². The number of carbonyl (C=O) groups excluding carboxylic acids is 3. The number of aliphatic hydroxyl groups is 3. The molecule has 1 saturated carbocycles. The summed E-state index contributed by atoms with van der Waals surface area (Å²) in [6, 6.07) is 5.73. The van der Waals surface area contributed by atoms with Crippen LogP contribution in [0.5, 0.6) is 5.75 Å². The molecule has 1 amide bonds. The van der Waals surface area contributed by atoms with Gasteiger partial charge in [-0.15, -0.1) is 0 Å². The molecule has 0 radical (unpaired) electrons. The van der Waals surface area contributed by atoms with E-state index in [0.717, 1.165) is 0 Å². The summed E-state index contributed by atoms with van der Waals surface area (Å²) < 4.78 is 6.10. The number of likely N-dealkylation sites (N-methyl/N-ethyl adjacent to an activating group) is 1. The summed E-state index contributed by atoms with van der Waals surface area (Å²) in [6.07, 6.45) is 0.0766. The Labute approximate surface area is 243 Å². The molecule has 7 N–H and O–H groups in total. The van der Waals surface area contributed by atoms with Crippen LogP contribution in [0, 0.1) is 10.8 Å². The molecule has 0 unspecified atom stereocenters. The Kier molecular flexibility index (Phi) is 6.72. The molecule has 1 aromatic carbocycles. The number of aliphatic hydroxyl groups excluding tert-OH is 2. The zero-order valence-electron chi connectivity index (χ0n) is 24.5. The molecule has 11 nitrogen and oxygen atoms in total. The Hall–Kier alpha value is -3.93. The van der Waals surface area contributed by atoms with Crippen molar-refractivity contribution in [3.63, 3.8) is 0 Å². The van der Waals surface area contributed by atoms with Gasteiger partial charge in [0.2, 0.25) is 5.78 Å². The summed E-state index contributed by atoms with van der Waals surface area (Å²) >= 11 is 0. The molecule has 0 aliphatic heterocycles. The molecule has 1 heterocycles. The van der Waals surface area contributed by atoms with Crippen LogP contribution in [0.1, 0.15) is 51.0 Å². The number of benzene rings is 1. The first kappa shape index (κ1) is 29.6. The van der Waals surface area contributed by atoms with Crippen LogP contribution in [0.15, 0.2) is 45.6 Å². The number of carbonyl (C=O) groups is 3. The fourth-order valence-electron chi connectivity index (χ4n) is 7.48. The Morgan fingerprint density at radius 3 is 2.40 bits per heavy atom. The second-order valence-corrected chi connectivity index (χ2v) is 12.7. The monoisotopic (exact) mass is 579 g/mol. The molecule has 0 bridgehead atoms. The quantitative estimate of drug-likeness (QED) is 0.278. The number of primary amides is 1. The first-order chi connectivity index (χ1) is 19.5. The third-order valence-electron chi connectivity index (χ3n) is 9.13. The Morgan fingerprint density at radius 2 is 1.81 bits per heavy atom. The first-order valence-electron chi connectivity index (χ1n) is 13.8. The molecular formula is C31H37N3O8. The number of nitrogens with two attached hydrogens (primary N) is 1. The van der Waals surface area contributed by atoms with E-state index in [1.807, 2.05) is 19.9 Å². The van der Waals surface area contributed by atoms with E-state index < -0.39 is 57.0 Å². The highest BCUT2D eigenvalue weighted by atomic mass is 16.4. The van der Waals surface area contributed by atoms with Crippen LogP contribution in [0.25, 0.3) is 17.1 Å². The SMILES string of the molecule is CC(C)NCc1ccc(-c2ccc(O)c3c2C[C@@]2(C)C[C@@]4(C)[C@H](N(C)C)C(=O)C(C(N)=O)=C(O)[C@@]4(O)C(=O)C2=C3O)o1. The zero-order chi connectivity index (χ0) is 31.1. The Morgan fingerprint density at radius 1 is 1.14 bits per heavy atom. The molecule has 42 heavy (non-hydrogen) atoms.